The molecule has 23 heavy (non-hydrogen) atoms. The van der Waals surface area contributed by atoms with E-state index < -0.39 is 12.0 Å². The van der Waals surface area contributed by atoms with Gasteiger partial charge in [0.2, 0.25) is 6.79 Å². The number of urea groups is 1. The molecule has 0 bridgehead atoms. The average molecular weight is 322 g/mol. The highest BCUT2D eigenvalue weighted by molar-refractivity contribution is 5.77. The third kappa shape index (κ3) is 4.77. The molecule has 0 aliphatic carbocycles. The molecule has 0 radical (unpaired) electrons. The molecular weight excluding hydrogens is 300 g/mol. The normalized spacial score (nSPS) is 14.1. The smallest absolute Gasteiger partial charge is 0.315 e. The number of carbonyl (C=O) groups is 2. The van der Waals surface area contributed by atoms with Crippen molar-refractivity contribution >= 4 is 12.0 Å². The number of rotatable bonds is 4. The number of amides is 2. The molecule has 0 spiro atoms. The van der Waals surface area contributed by atoms with E-state index in [0.29, 0.717) is 11.5 Å². The summed E-state index contributed by atoms with van der Waals surface area (Å²) in [6.07, 6.45) is 0.0215. The molecule has 1 atom stereocenters. The molecule has 126 valence electrons. The van der Waals surface area contributed by atoms with Gasteiger partial charge in [-0.05, 0) is 38.5 Å². The fraction of sp³-hybridized carbons (Fsp3) is 0.500. The van der Waals surface area contributed by atoms with Crippen LogP contribution in [-0.2, 0) is 9.53 Å². The van der Waals surface area contributed by atoms with E-state index in [0.717, 1.165) is 5.56 Å². The lowest BCUT2D eigenvalue weighted by Gasteiger charge is -2.24. The second-order valence-corrected chi connectivity index (χ2v) is 6.29. The summed E-state index contributed by atoms with van der Waals surface area (Å²) >= 11 is 0. The zero-order valence-corrected chi connectivity index (χ0v) is 13.8. The summed E-state index contributed by atoms with van der Waals surface area (Å²) in [6.45, 7) is 5.80. The van der Waals surface area contributed by atoms with Gasteiger partial charge in [0.15, 0.2) is 11.5 Å². The summed E-state index contributed by atoms with van der Waals surface area (Å²) in [5.74, 6) is 0.823. The van der Waals surface area contributed by atoms with Gasteiger partial charge in [-0.15, -0.1) is 0 Å². The van der Waals surface area contributed by atoms with Crippen LogP contribution in [0.25, 0.3) is 0 Å². The molecule has 0 saturated heterocycles. The maximum atomic E-state index is 12.1. The second-order valence-electron chi connectivity index (χ2n) is 6.29. The first kappa shape index (κ1) is 16.9. The Morgan fingerprint density at radius 1 is 1.26 bits per heavy atom. The van der Waals surface area contributed by atoms with E-state index in [2.05, 4.69) is 10.6 Å². The number of methoxy groups -OCH3 is 1. The van der Waals surface area contributed by atoms with Crippen molar-refractivity contribution in [2.24, 2.45) is 0 Å². The van der Waals surface area contributed by atoms with Crippen molar-refractivity contribution in [3.05, 3.63) is 23.8 Å². The van der Waals surface area contributed by atoms with Gasteiger partial charge in [-0.25, -0.2) is 4.79 Å². The first-order valence-electron chi connectivity index (χ1n) is 7.33. The van der Waals surface area contributed by atoms with Crippen LogP contribution in [0.2, 0.25) is 0 Å². The fourth-order valence-electron chi connectivity index (χ4n) is 2.17. The Morgan fingerprint density at radius 3 is 2.61 bits per heavy atom. The van der Waals surface area contributed by atoms with Crippen molar-refractivity contribution in [2.45, 2.75) is 38.8 Å². The summed E-state index contributed by atoms with van der Waals surface area (Å²) in [4.78, 5) is 23.8. The van der Waals surface area contributed by atoms with Crippen LogP contribution < -0.4 is 20.1 Å². The quantitative estimate of drug-likeness (QED) is 0.829. The van der Waals surface area contributed by atoms with Crippen LogP contribution in [0.15, 0.2) is 18.2 Å². The highest BCUT2D eigenvalue weighted by atomic mass is 16.7. The number of carbonyl (C=O) groups excluding carboxylic acids is 2. The lowest BCUT2D eigenvalue weighted by molar-refractivity contribution is -0.141. The van der Waals surface area contributed by atoms with Crippen molar-refractivity contribution in [3.63, 3.8) is 0 Å². The number of hydrogen-bond donors (Lipinski definition) is 2. The van der Waals surface area contributed by atoms with Crippen LogP contribution in [0.5, 0.6) is 11.5 Å². The molecule has 2 amide bonds. The highest BCUT2D eigenvalue weighted by Gasteiger charge is 2.23. The molecule has 0 fully saturated rings. The van der Waals surface area contributed by atoms with Gasteiger partial charge < -0.3 is 24.8 Å². The Bertz CT molecular complexity index is 595. The van der Waals surface area contributed by atoms with Crippen LogP contribution in [0, 0.1) is 0 Å². The SMILES string of the molecule is COC(=O)C[C@@H](NC(=O)NC(C)(C)C)c1ccc2c(c1)OCO2. The number of nitrogens with one attached hydrogen (secondary N) is 2. The topological polar surface area (TPSA) is 85.9 Å². The summed E-state index contributed by atoms with van der Waals surface area (Å²) < 4.78 is 15.3. The molecule has 1 aromatic rings. The molecule has 1 aromatic carbocycles. The molecule has 0 saturated carbocycles. The van der Waals surface area contributed by atoms with E-state index in [9.17, 15) is 9.59 Å². The van der Waals surface area contributed by atoms with E-state index in [1.807, 2.05) is 20.8 Å². The van der Waals surface area contributed by atoms with Crippen LogP contribution in [-0.4, -0.2) is 31.4 Å². The zero-order chi connectivity index (χ0) is 17.0. The van der Waals surface area contributed by atoms with Crippen molar-refractivity contribution < 1.29 is 23.8 Å². The van der Waals surface area contributed by atoms with Gasteiger partial charge in [0.05, 0.1) is 19.6 Å². The van der Waals surface area contributed by atoms with E-state index in [-0.39, 0.29) is 24.8 Å². The van der Waals surface area contributed by atoms with Gasteiger partial charge in [0, 0.05) is 5.54 Å². The van der Waals surface area contributed by atoms with Crippen molar-refractivity contribution in [1.82, 2.24) is 10.6 Å². The Kier molecular flexibility index (Phi) is 4.98. The largest absolute Gasteiger partial charge is 0.469 e. The van der Waals surface area contributed by atoms with Gasteiger partial charge in [-0.1, -0.05) is 6.07 Å². The highest BCUT2D eigenvalue weighted by Crippen LogP contribution is 2.34. The van der Waals surface area contributed by atoms with Gasteiger partial charge in [0.1, 0.15) is 0 Å². The minimum Gasteiger partial charge on any atom is -0.469 e. The molecule has 1 heterocycles. The van der Waals surface area contributed by atoms with Crippen molar-refractivity contribution in [3.8, 4) is 11.5 Å². The monoisotopic (exact) mass is 322 g/mol. The van der Waals surface area contributed by atoms with Gasteiger partial charge in [0.25, 0.3) is 0 Å². The van der Waals surface area contributed by atoms with Gasteiger partial charge >= 0.3 is 12.0 Å². The van der Waals surface area contributed by atoms with Gasteiger partial charge in [-0.3, -0.25) is 4.79 Å². The summed E-state index contributed by atoms with van der Waals surface area (Å²) in [5.41, 5.74) is 0.359. The van der Waals surface area contributed by atoms with Crippen LogP contribution >= 0.6 is 0 Å². The molecule has 7 heteroatoms. The Hall–Kier alpha value is -2.44. The van der Waals surface area contributed by atoms with Crippen LogP contribution in [0.3, 0.4) is 0 Å². The third-order valence-electron chi connectivity index (χ3n) is 3.19. The van der Waals surface area contributed by atoms with Crippen molar-refractivity contribution in [1.29, 1.82) is 0 Å². The molecule has 7 nitrogen and oxygen atoms in total. The van der Waals surface area contributed by atoms with E-state index in [1.165, 1.54) is 7.11 Å². The Labute approximate surface area is 135 Å². The molecule has 1 aliphatic heterocycles. The van der Waals surface area contributed by atoms with Crippen molar-refractivity contribution in [2.75, 3.05) is 13.9 Å². The number of esters is 1. The fourth-order valence-corrected chi connectivity index (χ4v) is 2.17. The van der Waals surface area contributed by atoms with Crippen LogP contribution in [0.1, 0.15) is 38.8 Å². The van der Waals surface area contributed by atoms with E-state index in [4.69, 9.17) is 14.2 Å². The summed E-state index contributed by atoms with van der Waals surface area (Å²) in [5, 5.41) is 5.60. The summed E-state index contributed by atoms with van der Waals surface area (Å²) in [6, 6.07) is 4.42. The summed E-state index contributed by atoms with van der Waals surface area (Å²) in [7, 11) is 1.31. The third-order valence-corrected chi connectivity index (χ3v) is 3.19. The zero-order valence-electron chi connectivity index (χ0n) is 13.8. The molecule has 2 N–H and O–H groups in total. The molecular formula is C16H22N2O5. The molecule has 0 aromatic heterocycles. The Morgan fingerprint density at radius 2 is 1.96 bits per heavy atom. The maximum Gasteiger partial charge on any atom is 0.315 e. The predicted octanol–water partition coefficient (Wildman–Crippen LogP) is 2.12. The number of hydrogen-bond acceptors (Lipinski definition) is 5. The van der Waals surface area contributed by atoms with Gasteiger partial charge in [-0.2, -0.15) is 0 Å². The number of ether oxygens (including phenoxy) is 3. The van der Waals surface area contributed by atoms with E-state index in [1.54, 1.807) is 18.2 Å². The molecule has 0 unspecified atom stereocenters. The van der Waals surface area contributed by atoms with Crippen LogP contribution in [0.4, 0.5) is 4.79 Å². The lowest BCUT2D eigenvalue weighted by Crippen LogP contribution is -2.47. The number of fused-ring (bicyclic) bond motifs is 1. The number of benzene rings is 1. The maximum absolute atomic E-state index is 12.1. The minimum atomic E-state index is -0.528. The predicted molar refractivity (Wildman–Crippen MR) is 83.4 cm³/mol. The Balaban J connectivity index is 2.16. The minimum absolute atomic E-state index is 0.0215. The first-order valence-corrected chi connectivity index (χ1v) is 7.33. The molecule has 2 rings (SSSR count). The second kappa shape index (κ2) is 6.76. The first-order chi connectivity index (χ1) is 10.8. The standard InChI is InChI=1S/C16H22N2O5/c1-16(2,3)18-15(20)17-11(8-14(19)21-4)10-5-6-12-13(7-10)23-9-22-12/h5-7,11H,8-9H2,1-4H3,(H2,17,18,20)/t11-/m1/s1. The lowest BCUT2D eigenvalue weighted by atomic mass is 10.0. The average Bonchev–Trinajstić information content (AvgIpc) is 2.91. The van der Waals surface area contributed by atoms with E-state index >= 15 is 0 Å². The molecule has 1 aliphatic rings.